The molecule has 0 saturated carbocycles. The Bertz CT molecular complexity index is 903. The first-order valence-corrected chi connectivity index (χ1v) is 9.06. The van der Waals surface area contributed by atoms with E-state index in [4.69, 9.17) is 14.2 Å². The highest BCUT2D eigenvalue weighted by molar-refractivity contribution is 6.05. The monoisotopic (exact) mass is 421 g/mol. The number of esters is 2. The van der Waals surface area contributed by atoms with Gasteiger partial charge < -0.3 is 19.3 Å². The van der Waals surface area contributed by atoms with E-state index in [1.54, 1.807) is 18.2 Å². The minimum absolute atomic E-state index is 0.154. The van der Waals surface area contributed by atoms with E-state index in [-0.39, 0.29) is 5.56 Å². The summed E-state index contributed by atoms with van der Waals surface area (Å²) in [4.78, 5) is 47.3. The molecule has 1 fully saturated rings. The molecule has 2 aliphatic rings. The van der Waals surface area contributed by atoms with E-state index in [2.05, 4.69) is 0 Å². The SMILES string of the molecule is CC(=O)O[C@@]1(C)[C@H](C2C=CC(=O)NC2=O)O[C@](F)(COC(=O)c2ccccc2)[C@H]1O. The maximum Gasteiger partial charge on any atom is 0.338 e. The molecule has 10 heteroatoms. The summed E-state index contributed by atoms with van der Waals surface area (Å²) in [6, 6.07) is 7.77. The van der Waals surface area contributed by atoms with Crippen molar-refractivity contribution < 1.29 is 42.9 Å². The number of benzene rings is 1. The molecule has 2 amide bonds. The van der Waals surface area contributed by atoms with Crippen LogP contribution < -0.4 is 5.32 Å². The average molecular weight is 421 g/mol. The largest absolute Gasteiger partial charge is 0.456 e. The molecule has 2 aliphatic heterocycles. The van der Waals surface area contributed by atoms with Gasteiger partial charge in [-0.25, -0.2) is 9.18 Å². The standard InChI is InChI=1S/C20H20FNO8/c1-11(23)29-19(2)15(13-8-9-14(24)22-16(13)25)30-20(21,18(19)27)10-28-17(26)12-6-4-3-5-7-12/h3-9,13,15,18,27H,10H2,1-2H3,(H,22,24,25)/t13?,15-,18-,19-,20+/m0/s1. The zero-order valence-corrected chi connectivity index (χ0v) is 16.2. The van der Waals surface area contributed by atoms with Gasteiger partial charge in [0.1, 0.15) is 6.10 Å². The van der Waals surface area contributed by atoms with Gasteiger partial charge in [0.15, 0.2) is 18.3 Å². The third kappa shape index (κ3) is 3.96. The van der Waals surface area contributed by atoms with Crippen LogP contribution in [0.4, 0.5) is 4.39 Å². The zero-order valence-electron chi connectivity index (χ0n) is 16.2. The Morgan fingerprint density at radius 2 is 1.93 bits per heavy atom. The number of imide groups is 1. The number of halogens is 1. The summed E-state index contributed by atoms with van der Waals surface area (Å²) in [5.41, 5.74) is -1.85. The van der Waals surface area contributed by atoms with Gasteiger partial charge in [0.25, 0.3) is 5.85 Å². The Labute approximate surface area is 170 Å². The Kier molecular flexibility index (Phi) is 5.73. The number of amides is 2. The third-order valence-corrected chi connectivity index (χ3v) is 4.94. The van der Waals surface area contributed by atoms with Crippen molar-refractivity contribution in [3.63, 3.8) is 0 Å². The van der Waals surface area contributed by atoms with Crippen molar-refractivity contribution in [1.29, 1.82) is 0 Å². The number of nitrogens with one attached hydrogen (secondary N) is 1. The summed E-state index contributed by atoms with van der Waals surface area (Å²) in [7, 11) is 0. The second kappa shape index (κ2) is 7.96. The predicted octanol–water partition coefficient (Wildman–Crippen LogP) is 0.419. The second-order valence-corrected chi connectivity index (χ2v) is 7.19. The van der Waals surface area contributed by atoms with E-state index in [1.807, 2.05) is 5.32 Å². The van der Waals surface area contributed by atoms with Gasteiger partial charge in [-0.1, -0.05) is 24.3 Å². The minimum atomic E-state index is -2.98. The lowest BCUT2D eigenvalue weighted by Crippen LogP contribution is -2.56. The second-order valence-electron chi connectivity index (χ2n) is 7.19. The molecule has 1 saturated heterocycles. The fourth-order valence-electron chi connectivity index (χ4n) is 3.53. The lowest BCUT2D eigenvalue weighted by molar-refractivity contribution is -0.201. The molecule has 5 atom stereocenters. The van der Waals surface area contributed by atoms with Crippen molar-refractivity contribution in [3.8, 4) is 0 Å². The number of rotatable bonds is 5. The van der Waals surface area contributed by atoms with Gasteiger partial charge >= 0.3 is 11.9 Å². The molecule has 0 radical (unpaired) electrons. The molecular formula is C20H20FNO8. The van der Waals surface area contributed by atoms with Crippen LogP contribution in [0.2, 0.25) is 0 Å². The van der Waals surface area contributed by atoms with Crippen molar-refractivity contribution in [1.82, 2.24) is 5.32 Å². The number of carbonyl (C=O) groups excluding carboxylic acids is 4. The van der Waals surface area contributed by atoms with Gasteiger partial charge in [-0.3, -0.25) is 19.7 Å². The molecule has 2 heterocycles. The molecule has 2 N–H and O–H groups in total. The number of ether oxygens (including phenoxy) is 3. The number of alkyl halides is 1. The first kappa shape index (κ1) is 21.6. The molecule has 0 aliphatic carbocycles. The molecule has 3 rings (SSSR count). The van der Waals surface area contributed by atoms with Crippen molar-refractivity contribution in [2.75, 3.05) is 6.61 Å². The number of carbonyl (C=O) groups is 4. The van der Waals surface area contributed by atoms with Crippen molar-refractivity contribution >= 4 is 23.8 Å². The van der Waals surface area contributed by atoms with Crippen molar-refractivity contribution in [2.24, 2.45) is 5.92 Å². The molecule has 0 spiro atoms. The van der Waals surface area contributed by atoms with Gasteiger partial charge in [0, 0.05) is 13.0 Å². The van der Waals surface area contributed by atoms with Crippen LogP contribution >= 0.6 is 0 Å². The van der Waals surface area contributed by atoms with E-state index in [9.17, 15) is 24.3 Å². The van der Waals surface area contributed by atoms with Gasteiger partial charge in [-0.2, -0.15) is 0 Å². The fourth-order valence-corrected chi connectivity index (χ4v) is 3.53. The Morgan fingerprint density at radius 1 is 1.27 bits per heavy atom. The van der Waals surface area contributed by atoms with Gasteiger partial charge in [-0.15, -0.1) is 0 Å². The molecular weight excluding hydrogens is 401 g/mol. The van der Waals surface area contributed by atoms with Crippen LogP contribution in [0, 0.1) is 5.92 Å². The summed E-state index contributed by atoms with van der Waals surface area (Å²) >= 11 is 0. The van der Waals surface area contributed by atoms with Crippen LogP contribution in [0.25, 0.3) is 0 Å². The zero-order chi connectivity index (χ0) is 22.1. The lowest BCUT2D eigenvalue weighted by atomic mass is 9.83. The highest BCUT2D eigenvalue weighted by Gasteiger charge is 2.67. The summed E-state index contributed by atoms with van der Waals surface area (Å²) < 4.78 is 31.0. The summed E-state index contributed by atoms with van der Waals surface area (Å²) in [5, 5.41) is 12.7. The van der Waals surface area contributed by atoms with Crippen LogP contribution in [0.5, 0.6) is 0 Å². The van der Waals surface area contributed by atoms with Crippen molar-refractivity contribution in [3.05, 3.63) is 48.0 Å². The van der Waals surface area contributed by atoms with Crippen LogP contribution in [-0.4, -0.2) is 59.1 Å². The number of aliphatic hydroxyl groups is 1. The highest BCUT2D eigenvalue weighted by Crippen LogP contribution is 2.45. The Morgan fingerprint density at radius 3 is 2.53 bits per heavy atom. The van der Waals surface area contributed by atoms with Crippen LogP contribution in [0.1, 0.15) is 24.2 Å². The summed E-state index contributed by atoms with van der Waals surface area (Å²) in [6.07, 6.45) is -1.38. The van der Waals surface area contributed by atoms with Crippen LogP contribution in [0.15, 0.2) is 42.5 Å². The highest BCUT2D eigenvalue weighted by atomic mass is 19.2. The number of aliphatic hydroxyl groups excluding tert-OH is 1. The molecule has 0 bridgehead atoms. The van der Waals surface area contributed by atoms with E-state index in [0.717, 1.165) is 13.0 Å². The first-order valence-electron chi connectivity index (χ1n) is 9.06. The Hall–Kier alpha value is -3.11. The maximum atomic E-state index is 15.6. The summed E-state index contributed by atoms with van der Waals surface area (Å²) in [6.45, 7) is 1.22. The fraction of sp³-hybridized carbons (Fsp3) is 0.400. The Balaban J connectivity index is 1.86. The predicted molar refractivity (Wildman–Crippen MR) is 97.4 cm³/mol. The quantitative estimate of drug-likeness (QED) is 0.517. The molecule has 1 aromatic carbocycles. The van der Waals surface area contributed by atoms with E-state index in [1.165, 1.54) is 25.1 Å². The average Bonchev–Trinajstić information content (AvgIpc) is 2.88. The first-order chi connectivity index (χ1) is 14.1. The van der Waals surface area contributed by atoms with Gasteiger partial charge in [-0.05, 0) is 19.1 Å². The smallest absolute Gasteiger partial charge is 0.338 e. The molecule has 160 valence electrons. The summed E-state index contributed by atoms with van der Waals surface area (Å²) in [5.74, 6) is -7.43. The maximum absolute atomic E-state index is 15.6. The van der Waals surface area contributed by atoms with Gasteiger partial charge in [0.2, 0.25) is 11.8 Å². The van der Waals surface area contributed by atoms with Crippen LogP contribution in [0.3, 0.4) is 0 Å². The van der Waals surface area contributed by atoms with Crippen LogP contribution in [-0.2, 0) is 28.6 Å². The van der Waals surface area contributed by atoms with E-state index < -0.39 is 59.9 Å². The topological polar surface area (TPSA) is 128 Å². The van der Waals surface area contributed by atoms with E-state index in [0.29, 0.717) is 0 Å². The van der Waals surface area contributed by atoms with E-state index >= 15 is 4.39 Å². The molecule has 30 heavy (non-hydrogen) atoms. The lowest BCUT2D eigenvalue weighted by Gasteiger charge is -2.34. The molecule has 1 aromatic rings. The third-order valence-electron chi connectivity index (χ3n) is 4.94. The molecule has 9 nitrogen and oxygen atoms in total. The molecule has 1 unspecified atom stereocenters. The number of hydrogen-bond donors (Lipinski definition) is 2. The number of hydrogen-bond acceptors (Lipinski definition) is 8. The van der Waals surface area contributed by atoms with Crippen molar-refractivity contribution in [2.45, 2.75) is 37.5 Å². The normalized spacial score (nSPS) is 33.1. The molecule has 0 aromatic heterocycles. The van der Waals surface area contributed by atoms with Gasteiger partial charge in [0.05, 0.1) is 11.5 Å². The minimum Gasteiger partial charge on any atom is -0.456 e.